The molecule has 1 aromatic carbocycles. The van der Waals surface area contributed by atoms with Gasteiger partial charge in [0.2, 0.25) is 0 Å². The zero-order valence-electron chi connectivity index (χ0n) is 9.24. The molecule has 96 valence electrons. The van der Waals surface area contributed by atoms with Crippen molar-refractivity contribution < 1.29 is 9.53 Å². The van der Waals surface area contributed by atoms with Crippen molar-refractivity contribution in [2.75, 3.05) is 0 Å². The molecule has 0 amide bonds. The summed E-state index contributed by atoms with van der Waals surface area (Å²) in [5, 5.41) is 3.91. The number of hydrogen-bond donors (Lipinski definition) is 2. The van der Waals surface area contributed by atoms with E-state index >= 15 is 0 Å². The lowest BCUT2D eigenvalue weighted by Crippen LogP contribution is -2.23. The van der Waals surface area contributed by atoms with Gasteiger partial charge >= 0.3 is 5.97 Å². The predicted molar refractivity (Wildman–Crippen MR) is 80.7 cm³/mol. The number of ether oxygens (including phenoxy) is 1. The van der Waals surface area contributed by atoms with Crippen LogP contribution in [0.15, 0.2) is 26.2 Å². The van der Waals surface area contributed by atoms with Crippen LogP contribution >= 0.6 is 44.1 Å². The molecular weight excluding hydrogens is 386 g/mol. The highest BCUT2D eigenvalue weighted by molar-refractivity contribution is 9.11. The zero-order valence-corrected chi connectivity index (χ0v) is 13.2. The monoisotopic (exact) mass is 393 g/mol. The van der Waals surface area contributed by atoms with Crippen LogP contribution in [0.3, 0.4) is 0 Å². The SMILES string of the molecule is CC(=O)Oc1c(Br)cc(C=NNC(N)=S)cc1Br. The van der Waals surface area contributed by atoms with E-state index < -0.39 is 5.97 Å². The van der Waals surface area contributed by atoms with Crippen molar-refractivity contribution >= 4 is 61.4 Å². The van der Waals surface area contributed by atoms with E-state index in [4.69, 9.17) is 10.5 Å². The smallest absolute Gasteiger partial charge is 0.308 e. The minimum atomic E-state index is -0.395. The number of nitrogens with one attached hydrogen (secondary N) is 1. The molecule has 0 unspecified atom stereocenters. The van der Waals surface area contributed by atoms with Crippen LogP contribution < -0.4 is 15.9 Å². The van der Waals surface area contributed by atoms with Gasteiger partial charge in [-0.05, 0) is 61.8 Å². The van der Waals surface area contributed by atoms with E-state index in [0.717, 1.165) is 5.56 Å². The van der Waals surface area contributed by atoms with E-state index in [1.165, 1.54) is 13.1 Å². The summed E-state index contributed by atoms with van der Waals surface area (Å²) in [6.45, 7) is 1.33. The van der Waals surface area contributed by atoms with Crippen molar-refractivity contribution in [1.29, 1.82) is 0 Å². The van der Waals surface area contributed by atoms with Gasteiger partial charge in [0.25, 0.3) is 0 Å². The average Bonchev–Trinajstić information content (AvgIpc) is 2.22. The van der Waals surface area contributed by atoms with Gasteiger partial charge in [0.15, 0.2) is 10.9 Å². The number of thiocarbonyl (C=S) groups is 1. The average molecular weight is 395 g/mol. The Balaban J connectivity index is 2.95. The largest absolute Gasteiger partial charge is 0.424 e. The van der Waals surface area contributed by atoms with Crippen LogP contribution in [0.25, 0.3) is 0 Å². The van der Waals surface area contributed by atoms with Crippen molar-refractivity contribution in [2.45, 2.75) is 6.92 Å². The lowest BCUT2D eigenvalue weighted by Gasteiger charge is -2.07. The van der Waals surface area contributed by atoms with Crippen LogP contribution in [-0.4, -0.2) is 17.3 Å². The van der Waals surface area contributed by atoms with Gasteiger partial charge < -0.3 is 10.5 Å². The molecular formula is C10H9Br2N3O2S. The molecule has 5 nitrogen and oxygen atoms in total. The standard InChI is InChI=1S/C10H9Br2N3O2S/c1-5(16)17-9-7(11)2-6(3-8(9)12)4-14-15-10(13)18/h2-4H,1H3,(H3,13,15,18). The second-order valence-electron chi connectivity index (χ2n) is 3.14. The molecule has 0 spiro atoms. The Hall–Kier alpha value is -0.990. The summed E-state index contributed by atoms with van der Waals surface area (Å²) in [5.41, 5.74) is 8.44. The lowest BCUT2D eigenvalue weighted by molar-refractivity contribution is -0.131. The van der Waals surface area contributed by atoms with Crippen molar-refractivity contribution in [3.8, 4) is 5.75 Å². The third-order valence-corrected chi connectivity index (χ3v) is 2.92. The summed E-state index contributed by atoms with van der Waals surface area (Å²) in [4.78, 5) is 10.9. The Labute approximate surface area is 126 Å². The molecule has 1 aromatic rings. The first-order chi connectivity index (χ1) is 8.40. The van der Waals surface area contributed by atoms with Gasteiger partial charge in [-0.25, -0.2) is 0 Å². The number of nitrogens with two attached hydrogens (primary N) is 1. The number of hydrazone groups is 1. The molecule has 8 heteroatoms. The maximum atomic E-state index is 10.9. The fraction of sp³-hybridized carbons (Fsp3) is 0.100. The van der Waals surface area contributed by atoms with Crippen molar-refractivity contribution in [1.82, 2.24) is 5.43 Å². The molecule has 0 radical (unpaired) electrons. The minimum Gasteiger partial charge on any atom is -0.424 e. The summed E-state index contributed by atoms with van der Waals surface area (Å²) < 4.78 is 6.30. The van der Waals surface area contributed by atoms with Gasteiger partial charge in [-0.3, -0.25) is 10.2 Å². The summed E-state index contributed by atoms with van der Waals surface area (Å²) >= 11 is 11.2. The highest BCUT2D eigenvalue weighted by atomic mass is 79.9. The lowest BCUT2D eigenvalue weighted by atomic mass is 10.2. The second-order valence-corrected chi connectivity index (χ2v) is 5.29. The Kier molecular flexibility index (Phi) is 5.70. The molecule has 0 fully saturated rings. The van der Waals surface area contributed by atoms with E-state index in [9.17, 15) is 4.79 Å². The molecule has 0 aliphatic heterocycles. The molecule has 0 heterocycles. The van der Waals surface area contributed by atoms with Crippen LogP contribution in [0.2, 0.25) is 0 Å². The number of hydrogen-bond acceptors (Lipinski definition) is 4. The van der Waals surface area contributed by atoms with Crippen molar-refractivity contribution in [3.63, 3.8) is 0 Å². The summed E-state index contributed by atoms with van der Waals surface area (Å²) in [6, 6.07) is 3.49. The van der Waals surface area contributed by atoms with Gasteiger partial charge in [-0.2, -0.15) is 5.10 Å². The number of halogens is 2. The van der Waals surface area contributed by atoms with Gasteiger partial charge in [0, 0.05) is 6.92 Å². The van der Waals surface area contributed by atoms with Gasteiger partial charge in [-0.1, -0.05) is 0 Å². The first-order valence-electron chi connectivity index (χ1n) is 4.66. The van der Waals surface area contributed by atoms with Gasteiger partial charge in [0.05, 0.1) is 15.2 Å². The molecule has 0 saturated heterocycles. The van der Waals surface area contributed by atoms with Gasteiger partial charge in [-0.15, -0.1) is 0 Å². The Morgan fingerprint density at radius 1 is 1.50 bits per heavy atom. The quantitative estimate of drug-likeness (QED) is 0.270. The molecule has 0 aromatic heterocycles. The molecule has 0 bridgehead atoms. The third-order valence-electron chi connectivity index (χ3n) is 1.65. The fourth-order valence-electron chi connectivity index (χ4n) is 1.07. The first-order valence-corrected chi connectivity index (χ1v) is 6.65. The molecule has 18 heavy (non-hydrogen) atoms. The maximum Gasteiger partial charge on any atom is 0.308 e. The highest BCUT2D eigenvalue weighted by Crippen LogP contribution is 2.34. The molecule has 0 saturated carbocycles. The molecule has 0 aliphatic carbocycles. The second kappa shape index (κ2) is 6.81. The van der Waals surface area contributed by atoms with Crippen LogP contribution in [0.1, 0.15) is 12.5 Å². The maximum absolute atomic E-state index is 10.9. The van der Waals surface area contributed by atoms with Crippen LogP contribution in [0, 0.1) is 0 Å². The molecule has 3 N–H and O–H groups in total. The van der Waals surface area contributed by atoms with Crippen LogP contribution in [0.4, 0.5) is 0 Å². The number of rotatable bonds is 3. The molecule has 0 atom stereocenters. The topological polar surface area (TPSA) is 76.7 Å². The number of nitrogens with zero attached hydrogens (tertiary/aromatic N) is 1. The van der Waals surface area contributed by atoms with E-state index in [2.05, 4.69) is 54.6 Å². The normalized spacial score (nSPS) is 10.4. The van der Waals surface area contributed by atoms with Crippen molar-refractivity contribution in [2.24, 2.45) is 10.8 Å². The number of esters is 1. The highest BCUT2D eigenvalue weighted by Gasteiger charge is 2.10. The van der Waals surface area contributed by atoms with E-state index in [1.54, 1.807) is 12.1 Å². The van der Waals surface area contributed by atoms with Crippen molar-refractivity contribution in [3.05, 3.63) is 26.6 Å². The van der Waals surface area contributed by atoms with E-state index in [1.807, 2.05) is 0 Å². The van der Waals surface area contributed by atoms with Crippen LogP contribution in [-0.2, 0) is 4.79 Å². The summed E-state index contributed by atoms with van der Waals surface area (Å²) in [6.07, 6.45) is 1.53. The first kappa shape index (κ1) is 15.1. The number of carbonyl (C=O) groups excluding carboxylic acids is 1. The Bertz CT molecular complexity index is 497. The predicted octanol–water partition coefficient (Wildman–Crippen LogP) is 2.30. The van der Waals surface area contributed by atoms with E-state index in [-0.39, 0.29) is 5.11 Å². The number of benzene rings is 1. The van der Waals surface area contributed by atoms with Crippen LogP contribution in [0.5, 0.6) is 5.75 Å². The van der Waals surface area contributed by atoms with E-state index in [0.29, 0.717) is 14.7 Å². The summed E-state index contributed by atoms with van der Waals surface area (Å²) in [7, 11) is 0. The summed E-state index contributed by atoms with van der Waals surface area (Å²) in [5.74, 6) is 0.0231. The molecule has 1 rings (SSSR count). The Morgan fingerprint density at radius 2 is 2.06 bits per heavy atom. The van der Waals surface area contributed by atoms with Gasteiger partial charge in [0.1, 0.15) is 0 Å². The third kappa shape index (κ3) is 4.71. The zero-order chi connectivity index (χ0) is 13.7. The Morgan fingerprint density at radius 3 is 2.50 bits per heavy atom. The number of carbonyl (C=O) groups is 1. The molecule has 0 aliphatic rings. The fourth-order valence-corrected chi connectivity index (χ4v) is 2.50. The minimum absolute atomic E-state index is 0.0842.